The maximum Gasteiger partial charge on any atom is 0.334 e. The summed E-state index contributed by atoms with van der Waals surface area (Å²) < 4.78 is 17.3. The van der Waals surface area contributed by atoms with Gasteiger partial charge in [0.15, 0.2) is 0 Å². The minimum Gasteiger partial charge on any atom is -0.458 e. The van der Waals surface area contributed by atoms with E-state index in [1.165, 1.54) is 0 Å². The van der Waals surface area contributed by atoms with Crippen LogP contribution in [0.4, 0.5) is 0 Å². The largest absolute Gasteiger partial charge is 0.458 e. The minimum absolute atomic E-state index is 0.00436. The van der Waals surface area contributed by atoms with Gasteiger partial charge in [-0.25, -0.2) is 4.79 Å². The first-order valence-corrected chi connectivity index (χ1v) is 7.29. The Labute approximate surface area is 116 Å². The zero-order valence-electron chi connectivity index (χ0n) is 11.6. The third kappa shape index (κ3) is 0.983. The highest BCUT2D eigenvalue weighted by atomic mass is 16.7. The Morgan fingerprint density at radius 3 is 2.85 bits per heavy atom. The SMILES string of the molecule is C=C1C(=O)O[C@@H]2C[C@H]3[C@@](C)(O)[C@@H]4O[C@@H]4[C@@]34O[C@@]4(C)C[C@@H]12. The third-order valence-electron chi connectivity index (χ3n) is 6.39. The molecule has 1 spiro atoms. The van der Waals surface area contributed by atoms with Gasteiger partial charge in [0.2, 0.25) is 0 Å². The van der Waals surface area contributed by atoms with Crippen LogP contribution in [0.1, 0.15) is 26.7 Å². The van der Waals surface area contributed by atoms with E-state index < -0.39 is 11.2 Å². The smallest absolute Gasteiger partial charge is 0.334 e. The number of rotatable bonds is 0. The number of epoxide rings is 2. The molecule has 20 heavy (non-hydrogen) atoms. The van der Waals surface area contributed by atoms with Crippen LogP contribution in [-0.2, 0) is 19.0 Å². The lowest BCUT2D eigenvalue weighted by Crippen LogP contribution is -2.45. The van der Waals surface area contributed by atoms with Crippen molar-refractivity contribution in [2.24, 2.45) is 11.8 Å². The van der Waals surface area contributed by atoms with Gasteiger partial charge in [0.1, 0.15) is 23.9 Å². The zero-order valence-corrected chi connectivity index (χ0v) is 11.6. The molecule has 0 radical (unpaired) electrons. The number of ether oxygens (including phenoxy) is 3. The van der Waals surface area contributed by atoms with E-state index >= 15 is 0 Å². The minimum atomic E-state index is -0.909. The molecule has 0 aromatic carbocycles. The van der Waals surface area contributed by atoms with Crippen molar-refractivity contribution in [3.8, 4) is 0 Å². The molecule has 5 nitrogen and oxygen atoms in total. The van der Waals surface area contributed by atoms with Gasteiger partial charge in [-0.15, -0.1) is 0 Å². The van der Waals surface area contributed by atoms with Crippen LogP contribution in [0.3, 0.4) is 0 Å². The van der Waals surface area contributed by atoms with Gasteiger partial charge in [-0.1, -0.05) is 6.58 Å². The second-order valence-electron chi connectivity index (χ2n) is 7.40. The molecule has 2 saturated carbocycles. The van der Waals surface area contributed by atoms with Gasteiger partial charge in [-0.2, -0.15) is 0 Å². The predicted octanol–water partition coefficient (Wildman–Crippen LogP) is 0.554. The Bertz CT molecular complexity index is 569. The summed E-state index contributed by atoms with van der Waals surface area (Å²) in [5, 5.41) is 10.8. The molecule has 0 unspecified atom stereocenters. The quantitative estimate of drug-likeness (QED) is 0.398. The van der Waals surface area contributed by atoms with E-state index in [4.69, 9.17) is 14.2 Å². The van der Waals surface area contributed by atoms with Gasteiger partial charge < -0.3 is 19.3 Å². The van der Waals surface area contributed by atoms with Crippen molar-refractivity contribution in [1.29, 1.82) is 0 Å². The Kier molecular flexibility index (Phi) is 1.67. The number of esters is 1. The summed E-state index contributed by atoms with van der Waals surface area (Å²) >= 11 is 0. The van der Waals surface area contributed by atoms with E-state index in [1.807, 2.05) is 6.92 Å². The normalized spacial score (nSPS) is 65.7. The van der Waals surface area contributed by atoms with Crippen LogP contribution in [0.25, 0.3) is 0 Å². The molecule has 5 aliphatic rings. The predicted molar refractivity (Wildman–Crippen MR) is 66.7 cm³/mol. The first kappa shape index (κ1) is 11.7. The van der Waals surface area contributed by atoms with E-state index in [-0.39, 0.29) is 41.7 Å². The van der Waals surface area contributed by atoms with E-state index in [2.05, 4.69) is 13.5 Å². The van der Waals surface area contributed by atoms with Gasteiger partial charge in [0, 0.05) is 17.4 Å². The molecular weight excluding hydrogens is 260 g/mol. The highest BCUT2D eigenvalue weighted by Crippen LogP contribution is 2.74. The van der Waals surface area contributed by atoms with Crippen LogP contribution in [0.2, 0.25) is 0 Å². The van der Waals surface area contributed by atoms with E-state index in [0.717, 1.165) is 6.42 Å². The summed E-state index contributed by atoms with van der Waals surface area (Å²) in [5.74, 6) is -0.335. The topological polar surface area (TPSA) is 71.6 Å². The lowest BCUT2D eigenvalue weighted by molar-refractivity contribution is -0.142. The monoisotopic (exact) mass is 278 g/mol. The number of carbonyl (C=O) groups is 1. The molecule has 0 amide bonds. The Morgan fingerprint density at radius 2 is 2.10 bits per heavy atom. The molecule has 2 aliphatic carbocycles. The molecule has 5 fully saturated rings. The summed E-state index contributed by atoms with van der Waals surface area (Å²) in [7, 11) is 0. The molecule has 0 bridgehead atoms. The Morgan fingerprint density at radius 1 is 1.35 bits per heavy atom. The Balaban J connectivity index is 1.61. The molecule has 108 valence electrons. The average molecular weight is 278 g/mol. The van der Waals surface area contributed by atoms with E-state index in [0.29, 0.717) is 12.0 Å². The van der Waals surface area contributed by atoms with E-state index in [9.17, 15) is 9.90 Å². The Hall–Kier alpha value is -0.910. The summed E-state index contributed by atoms with van der Waals surface area (Å²) in [5.41, 5.74) is -1.09. The lowest BCUT2D eigenvalue weighted by atomic mass is 9.78. The number of aliphatic hydroxyl groups is 1. The summed E-state index contributed by atoms with van der Waals surface area (Å²) in [6.07, 6.45) is 1.05. The van der Waals surface area contributed by atoms with Crippen molar-refractivity contribution in [2.75, 3.05) is 0 Å². The number of carbonyl (C=O) groups excluding carboxylic acids is 1. The van der Waals surface area contributed by atoms with Gasteiger partial charge in [-0.3, -0.25) is 0 Å². The first-order chi connectivity index (χ1) is 9.31. The number of fused-ring (bicyclic) bond motifs is 2. The molecule has 0 aromatic rings. The van der Waals surface area contributed by atoms with Crippen LogP contribution in [0.5, 0.6) is 0 Å². The highest BCUT2D eigenvalue weighted by Gasteiger charge is 2.90. The van der Waals surface area contributed by atoms with Crippen molar-refractivity contribution in [3.63, 3.8) is 0 Å². The van der Waals surface area contributed by atoms with Crippen LogP contribution in [0.15, 0.2) is 12.2 Å². The highest BCUT2D eigenvalue weighted by molar-refractivity contribution is 5.90. The fourth-order valence-electron chi connectivity index (χ4n) is 5.26. The maximum atomic E-state index is 11.8. The molecule has 1 N–H and O–H groups in total. The molecule has 5 heteroatoms. The van der Waals surface area contributed by atoms with Crippen LogP contribution < -0.4 is 0 Å². The van der Waals surface area contributed by atoms with Crippen LogP contribution in [-0.4, -0.2) is 46.2 Å². The van der Waals surface area contributed by atoms with E-state index in [1.54, 1.807) is 0 Å². The lowest BCUT2D eigenvalue weighted by Gasteiger charge is -2.32. The number of hydrogen-bond acceptors (Lipinski definition) is 5. The van der Waals surface area contributed by atoms with Crippen molar-refractivity contribution in [1.82, 2.24) is 0 Å². The first-order valence-electron chi connectivity index (χ1n) is 7.29. The van der Waals surface area contributed by atoms with Gasteiger partial charge >= 0.3 is 5.97 Å². The van der Waals surface area contributed by atoms with Crippen molar-refractivity contribution >= 4 is 5.97 Å². The van der Waals surface area contributed by atoms with Crippen molar-refractivity contribution in [3.05, 3.63) is 12.2 Å². The molecule has 8 atom stereocenters. The fourth-order valence-corrected chi connectivity index (χ4v) is 5.26. The molecule has 3 aliphatic heterocycles. The van der Waals surface area contributed by atoms with Crippen molar-refractivity contribution in [2.45, 2.75) is 61.8 Å². The fraction of sp³-hybridized carbons (Fsp3) is 0.800. The number of hydrogen-bond donors (Lipinski definition) is 1. The molecule has 0 aromatic heterocycles. The third-order valence-corrected chi connectivity index (χ3v) is 6.39. The zero-order chi connectivity index (χ0) is 14.1. The van der Waals surface area contributed by atoms with Crippen LogP contribution >= 0.6 is 0 Å². The van der Waals surface area contributed by atoms with Crippen molar-refractivity contribution < 1.29 is 24.1 Å². The molecule has 3 saturated heterocycles. The summed E-state index contributed by atoms with van der Waals surface area (Å²) in [6, 6.07) is 0. The summed E-state index contributed by atoms with van der Waals surface area (Å²) in [4.78, 5) is 11.8. The maximum absolute atomic E-state index is 11.8. The average Bonchev–Trinajstić information content (AvgIpc) is 3.20. The molecular formula is C15H18O5. The van der Waals surface area contributed by atoms with Gasteiger partial charge in [-0.05, 0) is 26.7 Å². The molecule has 3 heterocycles. The van der Waals surface area contributed by atoms with Crippen LogP contribution in [0, 0.1) is 11.8 Å². The standard InChI is InChI=1S/C15H18O5/c1-6-7-5-13(2)15(20-13)9(4-8(7)18-12(6)16)14(3,17)10-11(15)19-10/h7-11,17H,1,4-5H2,2-3H3/t7-,8+,9-,10+,11-,13-,14+,15-/m0/s1. The molecule has 5 rings (SSSR count). The van der Waals surface area contributed by atoms with Gasteiger partial charge in [0.05, 0.1) is 11.2 Å². The van der Waals surface area contributed by atoms with Gasteiger partial charge in [0.25, 0.3) is 0 Å². The second-order valence-corrected chi connectivity index (χ2v) is 7.40. The second kappa shape index (κ2) is 2.85. The summed E-state index contributed by atoms with van der Waals surface area (Å²) in [6.45, 7) is 7.77.